The molecule has 0 saturated heterocycles. The molecule has 4 heteroatoms. The maximum atomic E-state index is 13.4. The Labute approximate surface area is 137 Å². The highest BCUT2D eigenvalue weighted by Crippen LogP contribution is 2.18. The highest BCUT2D eigenvalue weighted by atomic mass is 19.1. The number of hydrogen-bond donors (Lipinski definition) is 1. The third-order valence-corrected chi connectivity index (χ3v) is 4.08. The lowest BCUT2D eigenvalue weighted by atomic mass is 10.0. The Morgan fingerprint density at radius 2 is 1.87 bits per heavy atom. The van der Waals surface area contributed by atoms with Crippen molar-refractivity contribution in [1.82, 2.24) is 10.2 Å². The van der Waals surface area contributed by atoms with Gasteiger partial charge in [0.15, 0.2) is 0 Å². The molecule has 1 atom stereocenters. The first-order chi connectivity index (χ1) is 10.9. The van der Waals surface area contributed by atoms with E-state index >= 15 is 0 Å². The molecule has 1 amide bonds. The molecule has 0 saturated carbocycles. The van der Waals surface area contributed by atoms with E-state index in [9.17, 15) is 9.18 Å². The summed E-state index contributed by atoms with van der Waals surface area (Å²) >= 11 is 0. The summed E-state index contributed by atoms with van der Waals surface area (Å²) in [5, 5.41) is 2.94. The lowest BCUT2D eigenvalue weighted by molar-refractivity contribution is 0.0942. The minimum absolute atomic E-state index is 0.0822. The zero-order valence-electron chi connectivity index (χ0n) is 14.1. The smallest absolute Gasteiger partial charge is 0.251 e. The second-order valence-corrected chi connectivity index (χ2v) is 6.04. The molecule has 1 N–H and O–H groups in total. The van der Waals surface area contributed by atoms with Gasteiger partial charge in [0.05, 0.1) is 6.04 Å². The zero-order valence-corrected chi connectivity index (χ0v) is 14.1. The van der Waals surface area contributed by atoms with E-state index in [0.29, 0.717) is 12.1 Å². The first kappa shape index (κ1) is 17.2. The van der Waals surface area contributed by atoms with Crippen LogP contribution in [0.1, 0.15) is 33.1 Å². The van der Waals surface area contributed by atoms with Gasteiger partial charge in [0.2, 0.25) is 0 Å². The molecule has 2 aromatic carbocycles. The number of rotatable bonds is 5. The second-order valence-electron chi connectivity index (χ2n) is 6.04. The summed E-state index contributed by atoms with van der Waals surface area (Å²) in [5.74, 6) is -0.383. The number of carbonyl (C=O) groups excluding carboxylic acids is 1. The SMILES string of the molecule is Cc1ccc(C(=O)NCC(c2cccc(F)c2)N(C)C)cc1C. The number of likely N-dealkylation sites (N-methyl/N-ethyl adjacent to an activating group) is 1. The van der Waals surface area contributed by atoms with Gasteiger partial charge in [-0.15, -0.1) is 0 Å². The van der Waals surface area contributed by atoms with Crippen LogP contribution in [0.3, 0.4) is 0 Å². The minimum Gasteiger partial charge on any atom is -0.350 e. The van der Waals surface area contributed by atoms with E-state index < -0.39 is 0 Å². The van der Waals surface area contributed by atoms with Crippen LogP contribution in [-0.2, 0) is 0 Å². The molecule has 0 heterocycles. The lowest BCUT2D eigenvalue weighted by Crippen LogP contribution is -2.34. The zero-order chi connectivity index (χ0) is 17.0. The summed E-state index contributed by atoms with van der Waals surface area (Å²) in [6.45, 7) is 4.42. The van der Waals surface area contributed by atoms with Crippen molar-refractivity contribution in [1.29, 1.82) is 0 Å². The summed E-state index contributed by atoms with van der Waals surface area (Å²) in [7, 11) is 3.83. The van der Waals surface area contributed by atoms with Gasteiger partial charge in [0, 0.05) is 12.1 Å². The predicted octanol–water partition coefficient (Wildman–Crippen LogP) is 3.48. The third-order valence-electron chi connectivity index (χ3n) is 4.08. The van der Waals surface area contributed by atoms with Crippen LogP contribution in [0.2, 0.25) is 0 Å². The van der Waals surface area contributed by atoms with Crippen LogP contribution in [0, 0.1) is 19.7 Å². The summed E-state index contributed by atoms with van der Waals surface area (Å²) < 4.78 is 13.4. The normalized spacial score (nSPS) is 12.3. The van der Waals surface area contributed by atoms with Crippen molar-refractivity contribution in [2.45, 2.75) is 19.9 Å². The Morgan fingerprint density at radius 3 is 2.48 bits per heavy atom. The number of hydrogen-bond acceptors (Lipinski definition) is 2. The van der Waals surface area contributed by atoms with Gasteiger partial charge in [-0.1, -0.05) is 18.2 Å². The van der Waals surface area contributed by atoms with Gasteiger partial charge in [-0.25, -0.2) is 4.39 Å². The highest BCUT2D eigenvalue weighted by molar-refractivity contribution is 5.94. The number of amides is 1. The molecule has 122 valence electrons. The van der Waals surface area contributed by atoms with Gasteiger partial charge in [0.1, 0.15) is 5.82 Å². The van der Waals surface area contributed by atoms with E-state index in [1.807, 2.05) is 57.1 Å². The number of halogens is 1. The molecular formula is C19H23FN2O. The van der Waals surface area contributed by atoms with Gasteiger partial charge < -0.3 is 10.2 Å². The monoisotopic (exact) mass is 314 g/mol. The largest absolute Gasteiger partial charge is 0.350 e. The molecule has 1 unspecified atom stereocenters. The summed E-state index contributed by atoms with van der Waals surface area (Å²) in [5.41, 5.74) is 3.74. The van der Waals surface area contributed by atoms with Crippen molar-refractivity contribution in [3.63, 3.8) is 0 Å². The van der Waals surface area contributed by atoms with Crippen LogP contribution < -0.4 is 5.32 Å². The van der Waals surface area contributed by atoms with Crippen LogP contribution in [0.25, 0.3) is 0 Å². The number of benzene rings is 2. The summed E-state index contributed by atoms with van der Waals surface area (Å²) in [4.78, 5) is 14.3. The van der Waals surface area contributed by atoms with E-state index in [1.165, 1.54) is 12.1 Å². The molecule has 2 rings (SSSR count). The standard InChI is InChI=1S/C19H23FN2O/c1-13-8-9-16(10-14(13)2)19(23)21-12-18(22(3)4)15-6-5-7-17(20)11-15/h5-11,18H,12H2,1-4H3,(H,21,23). The minimum atomic E-state index is -0.269. The number of aryl methyl sites for hydroxylation is 2. The van der Waals surface area contributed by atoms with E-state index in [2.05, 4.69) is 5.32 Å². The van der Waals surface area contributed by atoms with Crippen molar-refractivity contribution < 1.29 is 9.18 Å². The molecule has 0 aliphatic carbocycles. The van der Waals surface area contributed by atoms with Crippen LogP contribution >= 0.6 is 0 Å². The molecule has 0 radical (unpaired) electrons. The molecule has 2 aromatic rings. The van der Waals surface area contributed by atoms with Crippen molar-refractivity contribution in [3.05, 3.63) is 70.5 Å². The first-order valence-electron chi connectivity index (χ1n) is 7.66. The van der Waals surface area contributed by atoms with Crippen molar-refractivity contribution in [2.24, 2.45) is 0 Å². The van der Waals surface area contributed by atoms with Crippen molar-refractivity contribution >= 4 is 5.91 Å². The van der Waals surface area contributed by atoms with Gasteiger partial charge in [-0.05, 0) is 68.9 Å². The number of carbonyl (C=O) groups is 1. The third kappa shape index (κ3) is 4.39. The molecule has 0 bridgehead atoms. The fraction of sp³-hybridized carbons (Fsp3) is 0.316. The average molecular weight is 314 g/mol. The second kappa shape index (κ2) is 7.38. The van der Waals surface area contributed by atoms with Crippen LogP contribution in [-0.4, -0.2) is 31.4 Å². The Balaban J connectivity index is 2.09. The van der Waals surface area contributed by atoms with Gasteiger partial charge in [-0.2, -0.15) is 0 Å². The predicted molar refractivity (Wildman–Crippen MR) is 91.1 cm³/mol. The molecule has 0 spiro atoms. The Hall–Kier alpha value is -2.20. The fourth-order valence-corrected chi connectivity index (χ4v) is 2.49. The Morgan fingerprint density at radius 1 is 1.13 bits per heavy atom. The lowest BCUT2D eigenvalue weighted by Gasteiger charge is -2.25. The van der Waals surface area contributed by atoms with Gasteiger partial charge >= 0.3 is 0 Å². The molecule has 0 aliphatic heterocycles. The van der Waals surface area contributed by atoms with Crippen LogP contribution in [0.4, 0.5) is 4.39 Å². The Bertz CT molecular complexity index is 698. The molecular weight excluding hydrogens is 291 g/mol. The van der Waals surface area contributed by atoms with Crippen LogP contribution in [0.5, 0.6) is 0 Å². The topological polar surface area (TPSA) is 32.3 Å². The average Bonchev–Trinajstić information content (AvgIpc) is 2.49. The van der Waals surface area contributed by atoms with E-state index in [4.69, 9.17) is 0 Å². The summed E-state index contributed by atoms with van der Waals surface area (Å²) in [6, 6.07) is 12.1. The quantitative estimate of drug-likeness (QED) is 0.916. The maximum Gasteiger partial charge on any atom is 0.251 e. The van der Waals surface area contributed by atoms with Gasteiger partial charge in [0.25, 0.3) is 5.91 Å². The maximum absolute atomic E-state index is 13.4. The summed E-state index contributed by atoms with van der Waals surface area (Å²) in [6.07, 6.45) is 0. The first-order valence-corrected chi connectivity index (χ1v) is 7.66. The van der Waals surface area contributed by atoms with E-state index in [1.54, 1.807) is 6.07 Å². The van der Waals surface area contributed by atoms with Gasteiger partial charge in [-0.3, -0.25) is 4.79 Å². The molecule has 23 heavy (non-hydrogen) atoms. The van der Waals surface area contributed by atoms with Crippen LogP contribution in [0.15, 0.2) is 42.5 Å². The molecule has 0 aromatic heterocycles. The van der Waals surface area contributed by atoms with Crippen molar-refractivity contribution in [2.75, 3.05) is 20.6 Å². The van der Waals surface area contributed by atoms with E-state index in [-0.39, 0.29) is 17.8 Å². The molecule has 3 nitrogen and oxygen atoms in total. The fourth-order valence-electron chi connectivity index (χ4n) is 2.49. The Kier molecular flexibility index (Phi) is 5.50. The number of nitrogens with zero attached hydrogens (tertiary/aromatic N) is 1. The van der Waals surface area contributed by atoms with Crippen molar-refractivity contribution in [3.8, 4) is 0 Å². The highest BCUT2D eigenvalue weighted by Gasteiger charge is 2.16. The number of nitrogens with one attached hydrogen (secondary N) is 1. The molecule has 0 aliphatic rings. The molecule has 0 fully saturated rings. The van der Waals surface area contributed by atoms with E-state index in [0.717, 1.165) is 16.7 Å².